The van der Waals surface area contributed by atoms with Gasteiger partial charge >= 0.3 is 0 Å². The Kier molecular flexibility index (Phi) is 2.62. The smallest absolute Gasteiger partial charge is 0.222 e. The van der Waals surface area contributed by atoms with Gasteiger partial charge in [0.2, 0.25) is 5.91 Å². The Morgan fingerprint density at radius 3 is 3.00 bits per heavy atom. The zero-order chi connectivity index (χ0) is 10.8. The lowest BCUT2D eigenvalue weighted by molar-refractivity contribution is -0.131. The number of nitrogens with zero attached hydrogens (tertiary/aromatic N) is 1. The molecule has 0 bridgehead atoms. The maximum atomic E-state index is 11.6. The van der Waals surface area contributed by atoms with Crippen LogP contribution in [0.3, 0.4) is 0 Å². The van der Waals surface area contributed by atoms with Crippen molar-refractivity contribution in [3.8, 4) is 0 Å². The Hall–Kier alpha value is -1.51. The molecule has 15 heavy (non-hydrogen) atoms. The summed E-state index contributed by atoms with van der Waals surface area (Å²) in [5.74, 6) is 0.225. The minimum Gasteiger partial charge on any atom is -0.399 e. The van der Waals surface area contributed by atoms with Crippen molar-refractivity contribution in [1.82, 2.24) is 4.90 Å². The highest BCUT2D eigenvalue weighted by molar-refractivity contribution is 5.76. The Morgan fingerprint density at radius 1 is 1.47 bits per heavy atom. The third-order valence-corrected chi connectivity index (χ3v) is 2.90. The largest absolute Gasteiger partial charge is 0.399 e. The molecule has 1 heterocycles. The second-order valence-corrected chi connectivity index (χ2v) is 3.95. The van der Waals surface area contributed by atoms with Gasteiger partial charge in [-0.2, -0.15) is 0 Å². The lowest BCUT2D eigenvalue weighted by atomic mass is 9.99. The van der Waals surface area contributed by atoms with E-state index >= 15 is 0 Å². The van der Waals surface area contributed by atoms with E-state index in [2.05, 4.69) is 6.07 Å². The molecule has 0 spiro atoms. The van der Waals surface area contributed by atoms with Crippen LogP contribution < -0.4 is 5.73 Å². The summed E-state index contributed by atoms with van der Waals surface area (Å²) >= 11 is 0. The van der Waals surface area contributed by atoms with Crippen molar-refractivity contribution in [1.29, 1.82) is 0 Å². The predicted molar refractivity (Wildman–Crippen MR) is 60.3 cm³/mol. The normalized spacial score (nSPS) is 14.9. The predicted octanol–water partition coefficient (Wildman–Crippen LogP) is 1.56. The molecule has 0 saturated heterocycles. The maximum Gasteiger partial charge on any atom is 0.222 e. The van der Waals surface area contributed by atoms with E-state index in [0.29, 0.717) is 13.0 Å². The molecule has 1 aliphatic rings. The van der Waals surface area contributed by atoms with Crippen LogP contribution in [0, 0.1) is 0 Å². The first-order chi connectivity index (χ1) is 7.20. The van der Waals surface area contributed by atoms with Gasteiger partial charge in [-0.25, -0.2) is 0 Å². The van der Waals surface area contributed by atoms with Gasteiger partial charge in [0.25, 0.3) is 0 Å². The van der Waals surface area contributed by atoms with Gasteiger partial charge in [-0.3, -0.25) is 4.79 Å². The summed E-state index contributed by atoms with van der Waals surface area (Å²) < 4.78 is 0. The van der Waals surface area contributed by atoms with Gasteiger partial charge in [0, 0.05) is 25.2 Å². The number of anilines is 1. The van der Waals surface area contributed by atoms with Crippen LogP contribution in [0.2, 0.25) is 0 Å². The van der Waals surface area contributed by atoms with Crippen molar-refractivity contribution < 1.29 is 4.79 Å². The molecule has 0 radical (unpaired) electrons. The summed E-state index contributed by atoms with van der Waals surface area (Å²) in [5, 5.41) is 0. The van der Waals surface area contributed by atoms with Crippen LogP contribution in [-0.2, 0) is 17.8 Å². The third kappa shape index (κ3) is 1.96. The van der Waals surface area contributed by atoms with Crippen LogP contribution in [-0.4, -0.2) is 17.4 Å². The van der Waals surface area contributed by atoms with Gasteiger partial charge in [-0.05, 0) is 29.7 Å². The van der Waals surface area contributed by atoms with Crippen LogP contribution in [0.1, 0.15) is 24.5 Å². The Balaban J connectivity index is 2.22. The maximum absolute atomic E-state index is 11.6. The first-order valence-corrected chi connectivity index (χ1v) is 5.35. The highest BCUT2D eigenvalue weighted by Gasteiger charge is 2.19. The van der Waals surface area contributed by atoms with Crippen molar-refractivity contribution >= 4 is 11.6 Å². The number of carbonyl (C=O) groups excluding carboxylic acids is 1. The lowest BCUT2D eigenvalue weighted by Crippen LogP contribution is -2.35. The fraction of sp³-hybridized carbons (Fsp3) is 0.417. The van der Waals surface area contributed by atoms with Crippen molar-refractivity contribution in [3.63, 3.8) is 0 Å². The molecular weight excluding hydrogens is 188 g/mol. The number of hydrogen-bond donors (Lipinski definition) is 1. The average molecular weight is 204 g/mol. The standard InChI is InChI=1S/C12H16N2O/c1-2-12(15)14-6-5-9-3-4-11(13)7-10(9)8-14/h3-4,7H,2,5-6,8,13H2,1H3. The molecule has 3 nitrogen and oxygen atoms in total. The second kappa shape index (κ2) is 3.93. The number of carbonyl (C=O) groups is 1. The molecule has 0 aliphatic carbocycles. The molecule has 1 aromatic carbocycles. The third-order valence-electron chi connectivity index (χ3n) is 2.90. The van der Waals surface area contributed by atoms with E-state index in [1.807, 2.05) is 24.0 Å². The van der Waals surface area contributed by atoms with Crippen LogP contribution in [0.15, 0.2) is 18.2 Å². The molecule has 2 N–H and O–H groups in total. The van der Waals surface area contributed by atoms with Gasteiger partial charge < -0.3 is 10.6 Å². The van der Waals surface area contributed by atoms with Gasteiger partial charge in [0.15, 0.2) is 0 Å². The molecule has 80 valence electrons. The van der Waals surface area contributed by atoms with Crippen molar-refractivity contribution in [2.75, 3.05) is 12.3 Å². The SMILES string of the molecule is CCC(=O)N1CCc2ccc(N)cc2C1. The number of benzene rings is 1. The number of hydrogen-bond acceptors (Lipinski definition) is 2. The van der Waals surface area contributed by atoms with Crippen molar-refractivity contribution in [3.05, 3.63) is 29.3 Å². The Morgan fingerprint density at radius 2 is 2.27 bits per heavy atom. The molecular formula is C12H16N2O. The first-order valence-electron chi connectivity index (χ1n) is 5.35. The number of rotatable bonds is 1. The number of nitrogens with two attached hydrogens (primary N) is 1. The van der Waals surface area contributed by atoms with Crippen molar-refractivity contribution in [2.45, 2.75) is 26.3 Å². The zero-order valence-corrected chi connectivity index (χ0v) is 8.99. The fourth-order valence-electron chi connectivity index (χ4n) is 2.01. The summed E-state index contributed by atoms with van der Waals surface area (Å²) in [7, 11) is 0. The number of amides is 1. The molecule has 1 aromatic rings. The Bertz CT molecular complexity index is 387. The minimum absolute atomic E-state index is 0.225. The summed E-state index contributed by atoms with van der Waals surface area (Å²) in [6, 6.07) is 5.97. The van der Waals surface area contributed by atoms with Crippen LogP contribution in [0.4, 0.5) is 5.69 Å². The molecule has 1 amide bonds. The van der Waals surface area contributed by atoms with E-state index < -0.39 is 0 Å². The van der Waals surface area contributed by atoms with E-state index in [1.54, 1.807) is 0 Å². The minimum atomic E-state index is 0.225. The first kappa shape index (κ1) is 10.0. The number of fused-ring (bicyclic) bond motifs is 1. The van der Waals surface area contributed by atoms with Crippen LogP contribution in [0.25, 0.3) is 0 Å². The highest BCUT2D eigenvalue weighted by Crippen LogP contribution is 2.21. The van der Waals surface area contributed by atoms with E-state index in [0.717, 1.165) is 18.7 Å². The van der Waals surface area contributed by atoms with E-state index in [-0.39, 0.29) is 5.91 Å². The fourth-order valence-corrected chi connectivity index (χ4v) is 2.01. The molecule has 1 aliphatic heterocycles. The summed E-state index contributed by atoms with van der Waals surface area (Å²) in [4.78, 5) is 13.5. The monoisotopic (exact) mass is 204 g/mol. The van der Waals surface area contributed by atoms with E-state index in [4.69, 9.17) is 5.73 Å². The Labute approximate surface area is 89.9 Å². The molecule has 0 unspecified atom stereocenters. The molecule has 3 heteroatoms. The average Bonchev–Trinajstić information content (AvgIpc) is 2.27. The molecule has 0 saturated carbocycles. The summed E-state index contributed by atoms with van der Waals surface area (Å²) in [6.45, 7) is 3.45. The second-order valence-electron chi connectivity index (χ2n) is 3.95. The van der Waals surface area contributed by atoms with Gasteiger partial charge in [0.1, 0.15) is 0 Å². The topological polar surface area (TPSA) is 46.3 Å². The van der Waals surface area contributed by atoms with Crippen LogP contribution in [0.5, 0.6) is 0 Å². The van der Waals surface area contributed by atoms with Gasteiger partial charge in [-0.1, -0.05) is 13.0 Å². The van der Waals surface area contributed by atoms with E-state index in [1.165, 1.54) is 11.1 Å². The lowest BCUT2D eigenvalue weighted by Gasteiger charge is -2.28. The van der Waals surface area contributed by atoms with Gasteiger partial charge in [0.05, 0.1) is 0 Å². The zero-order valence-electron chi connectivity index (χ0n) is 8.99. The van der Waals surface area contributed by atoms with E-state index in [9.17, 15) is 4.79 Å². The van der Waals surface area contributed by atoms with Gasteiger partial charge in [-0.15, -0.1) is 0 Å². The quantitative estimate of drug-likeness (QED) is 0.706. The molecule has 2 rings (SSSR count). The highest BCUT2D eigenvalue weighted by atomic mass is 16.2. The molecule has 0 fully saturated rings. The number of nitrogen functional groups attached to an aromatic ring is 1. The van der Waals surface area contributed by atoms with Crippen LogP contribution >= 0.6 is 0 Å². The summed E-state index contributed by atoms with van der Waals surface area (Å²) in [6.07, 6.45) is 1.53. The van der Waals surface area contributed by atoms with Crippen molar-refractivity contribution in [2.24, 2.45) is 0 Å². The molecule has 0 aromatic heterocycles. The molecule has 0 atom stereocenters. The summed E-state index contributed by atoms with van der Waals surface area (Å²) in [5.41, 5.74) is 9.03.